The second-order valence-corrected chi connectivity index (χ2v) is 10.9. The monoisotopic (exact) mass is 512 g/mol. The fourth-order valence-corrected chi connectivity index (χ4v) is 7.34. The molecule has 0 aromatic heterocycles. The van der Waals surface area contributed by atoms with Gasteiger partial charge in [-0.25, -0.2) is 4.90 Å². The van der Waals surface area contributed by atoms with Crippen molar-refractivity contribution in [3.8, 4) is 0 Å². The number of hydrogen-bond acceptors (Lipinski definition) is 3. The number of benzene rings is 4. The van der Waals surface area contributed by atoms with Gasteiger partial charge in [-0.1, -0.05) is 85.8 Å². The Morgan fingerprint density at radius 2 is 1.36 bits per heavy atom. The number of rotatable bonds is 4. The van der Waals surface area contributed by atoms with Gasteiger partial charge in [-0.3, -0.25) is 14.4 Å². The van der Waals surface area contributed by atoms with Crippen LogP contribution in [0.2, 0.25) is 0 Å². The molecule has 39 heavy (non-hydrogen) atoms. The van der Waals surface area contributed by atoms with E-state index in [0.29, 0.717) is 11.3 Å². The summed E-state index contributed by atoms with van der Waals surface area (Å²) in [5.74, 6) is -1.83. The normalized spacial score (nSPS) is 24.3. The number of imide groups is 1. The van der Waals surface area contributed by atoms with E-state index in [1.807, 2.05) is 62.4 Å². The van der Waals surface area contributed by atoms with Crippen molar-refractivity contribution in [1.29, 1.82) is 0 Å². The second-order valence-electron chi connectivity index (χ2n) is 10.9. The third-order valence-corrected chi connectivity index (χ3v) is 9.05. The summed E-state index contributed by atoms with van der Waals surface area (Å²) in [6, 6.07) is 31.0. The van der Waals surface area contributed by atoms with E-state index in [-0.39, 0.29) is 29.6 Å². The summed E-state index contributed by atoms with van der Waals surface area (Å²) >= 11 is 0. The maximum Gasteiger partial charge on any atom is 0.257 e. The summed E-state index contributed by atoms with van der Waals surface area (Å²) in [7, 11) is 0. The largest absolute Gasteiger partial charge is 0.322 e. The highest BCUT2D eigenvalue weighted by atomic mass is 16.2. The van der Waals surface area contributed by atoms with Crippen LogP contribution in [-0.4, -0.2) is 17.7 Å². The first kappa shape index (κ1) is 23.6. The van der Waals surface area contributed by atoms with Crippen LogP contribution in [0.1, 0.15) is 63.9 Å². The highest BCUT2D eigenvalue weighted by molar-refractivity contribution is 6.27. The molecule has 4 aromatic rings. The number of nitrogens with zero attached hydrogens (tertiary/aromatic N) is 1. The standard InChI is InChI=1S/C34H28N2O3/c1-3-20-12-4-10-18-26(20)35-31(37)25-17-9-11-19-27(25)36-32(38)30-28-21-13-5-7-15-23(21)29(34(30,2)33(36)39)24-16-8-6-14-22(24)28/h4-19,28-30H,3H2,1-2H3,(H,35,37)/t28?,29?,30-,34-/m0/s1. The Balaban J connectivity index is 1.34. The zero-order valence-corrected chi connectivity index (χ0v) is 21.8. The molecular formula is C34H28N2O3. The van der Waals surface area contributed by atoms with Crippen LogP contribution in [0.5, 0.6) is 0 Å². The Hall–Kier alpha value is -4.51. The Morgan fingerprint density at radius 3 is 2.03 bits per heavy atom. The minimum Gasteiger partial charge on any atom is -0.322 e. The Labute approximate surface area is 227 Å². The second kappa shape index (κ2) is 8.50. The van der Waals surface area contributed by atoms with E-state index in [1.54, 1.807) is 24.3 Å². The molecule has 1 heterocycles. The number of carbonyl (C=O) groups excluding carboxylic acids is 3. The molecular weight excluding hydrogens is 484 g/mol. The number of para-hydroxylation sites is 2. The van der Waals surface area contributed by atoms with Gasteiger partial charge in [0.05, 0.1) is 22.6 Å². The molecule has 4 aliphatic rings. The molecule has 0 radical (unpaired) electrons. The van der Waals surface area contributed by atoms with Crippen LogP contribution in [0.3, 0.4) is 0 Å². The first-order valence-electron chi connectivity index (χ1n) is 13.5. The predicted molar refractivity (Wildman–Crippen MR) is 151 cm³/mol. The number of hydrogen-bond donors (Lipinski definition) is 1. The van der Waals surface area contributed by atoms with Gasteiger partial charge in [-0.2, -0.15) is 0 Å². The Bertz CT molecular complexity index is 1640. The average Bonchev–Trinajstić information content (AvgIpc) is 3.18. The molecule has 0 unspecified atom stereocenters. The summed E-state index contributed by atoms with van der Waals surface area (Å²) < 4.78 is 0. The third kappa shape index (κ3) is 3.10. The highest BCUT2D eigenvalue weighted by Crippen LogP contribution is 2.67. The quantitative estimate of drug-likeness (QED) is 0.327. The lowest BCUT2D eigenvalue weighted by atomic mass is 9.48. The van der Waals surface area contributed by atoms with E-state index in [9.17, 15) is 14.4 Å². The summed E-state index contributed by atoms with van der Waals surface area (Å²) in [6.07, 6.45) is 0.769. The maximum atomic E-state index is 14.5. The van der Waals surface area contributed by atoms with Crippen molar-refractivity contribution >= 4 is 29.1 Å². The SMILES string of the molecule is CCc1ccccc1NC(=O)c1ccccc1N1C(=O)[C@@H]2C3c4ccccc4C(c4ccccc43)[C@]2(C)C1=O. The fraction of sp³-hybridized carbons (Fsp3) is 0.206. The zero-order valence-electron chi connectivity index (χ0n) is 21.8. The van der Waals surface area contributed by atoms with Gasteiger partial charge < -0.3 is 5.32 Å². The van der Waals surface area contributed by atoms with Crippen molar-refractivity contribution in [3.63, 3.8) is 0 Å². The smallest absolute Gasteiger partial charge is 0.257 e. The van der Waals surface area contributed by atoms with E-state index in [0.717, 1.165) is 39.9 Å². The minimum atomic E-state index is -0.956. The van der Waals surface area contributed by atoms with Crippen molar-refractivity contribution < 1.29 is 14.4 Å². The van der Waals surface area contributed by atoms with Crippen molar-refractivity contribution in [2.24, 2.45) is 11.3 Å². The summed E-state index contributed by atoms with van der Waals surface area (Å²) in [6.45, 7) is 3.98. The van der Waals surface area contributed by atoms with E-state index in [4.69, 9.17) is 0 Å². The van der Waals surface area contributed by atoms with Gasteiger partial charge >= 0.3 is 0 Å². The molecule has 2 bridgehead atoms. The van der Waals surface area contributed by atoms with Crippen LogP contribution < -0.4 is 10.2 Å². The van der Waals surface area contributed by atoms with Crippen LogP contribution >= 0.6 is 0 Å². The molecule has 1 fully saturated rings. The average molecular weight is 513 g/mol. The molecule has 1 N–H and O–H groups in total. The number of nitrogens with one attached hydrogen (secondary N) is 1. The van der Waals surface area contributed by atoms with Gasteiger partial charge in [0, 0.05) is 17.5 Å². The van der Waals surface area contributed by atoms with Crippen LogP contribution in [0.4, 0.5) is 11.4 Å². The maximum absolute atomic E-state index is 14.5. The Kier molecular flexibility index (Phi) is 5.14. The van der Waals surface area contributed by atoms with Crippen molar-refractivity contribution in [2.45, 2.75) is 32.1 Å². The first-order chi connectivity index (χ1) is 19.0. The van der Waals surface area contributed by atoms with E-state index >= 15 is 0 Å². The molecule has 1 saturated heterocycles. The minimum absolute atomic E-state index is 0.216. The lowest BCUT2D eigenvalue weighted by molar-refractivity contribution is -0.128. The van der Waals surface area contributed by atoms with Crippen molar-refractivity contribution in [1.82, 2.24) is 0 Å². The van der Waals surface area contributed by atoms with Crippen LogP contribution in [0, 0.1) is 11.3 Å². The van der Waals surface area contributed by atoms with Gasteiger partial charge in [0.15, 0.2) is 0 Å². The molecule has 1 aliphatic heterocycles. The van der Waals surface area contributed by atoms with Crippen molar-refractivity contribution in [2.75, 3.05) is 10.2 Å². The molecule has 0 spiro atoms. The third-order valence-electron chi connectivity index (χ3n) is 9.05. The van der Waals surface area contributed by atoms with Crippen LogP contribution in [0.25, 0.3) is 0 Å². The van der Waals surface area contributed by atoms with Gasteiger partial charge in [-0.15, -0.1) is 0 Å². The number of anilines is 2. The molecule has 3 amide bonds. The van der Waals surface area contributed by atoms with E-state index in [1.165, 1.54) is 4.90 Å². The Morgan fingerprint density at radius 1 is 0.795 bits per heavy atom. The van der Waals surface area contributed by atoms with Crippen LogP contribution in [-0.2, 0) is 16.0 Å². The number of aryl methyl sites for hydroxylation is 1. The van der Waals surface area contributed by atoms with E-state index in [2.05, 4.69) is 29.6 Å². The molecule has 4 aromatic carbocycles. The lowest BCUT2D eigenvalue weighted by Crippen LogP contribution is -2.49. The lowest BCUT2D eigenvalue weighted by Gasteiger charge is -2.51. The zero-order chi connectivity index (χ0) is 26.9. The molecule has 8 rings (SSSR count). The van der Waals surface area contributed by atoms with Gasteiger partial charge in [-0.05, 0) is 59.4 Å². The molecule has 3 aliphatic carbocycles. The topological polar surface area (TPSA) is 66.5 Å². The summed E-state index contributed by atoms with van der Waals surface area (Å²) in [5.41, 5.74) is 5.89. The molecule has 5 heteroatoms. The molecule has 192 valence electrons. The summed E-state index contributed by atoms with van der Waals surface area (Å²) in [5, 5.41) is 3.01. The number of amides is 3. The highest BCUT2D eigenvalue weighted by Gasteiger charge is 2.69. The number of carbonyl (C=O) groups is 3. The first-order valence-corrected chi connectivity index (χ1v) is 13.5. The van der Waals surface area contributed by atoms with Gasteiger partial charge in [0.1, 0.15) is 0 Å². The molecule has 0 saturated carbocycles. The van der Waals surface area contributed by atoms with Crippen LogP contribution in [0.15, 0.2) is 97.1 Å². The van der Waals surface area contributed by atoms with E-state index < -0.39 is 11.3 Å². The van der Waals surface area contributed by atoms with Crippen molar-refractivity contribution in [3.05, 3.63) is 130 Å². The summed E-state index contributed by atoms with van der Waals surface area (Å²) in [4.78, 5) is 43.8. The van der Waals surface area contributed by atoms with Gasteiger partial charge in [0.25, 0.3) is 5.91 Å². The molecule has 2 atom stereocenters. The fourth-order valence-electron chi connectivity index (χ4n) is 7.34. The predicted octanol–water partition coefficient (Wildman–Crippen LogP) is 6.29. The van der Waals surface area contributed by atoms with Gasteiger partial charge in [0.2, 0.25) is 11.8 Å². The molecule has 5 nitrogen and oxygen atoms in total.